The van der Waals surface area contributed by atoms with Gasteiger partial charge in [0.15, 0.2) is 6.61 Å². The molecule has 0 atom stereocenters. The summed E-state index contributed by atoms with van der Waals surface area (Å²) < 4.78 is 45.4. The predicted octanol–water partition coefficient (Wildman–Crippen LogP) is 4.09. The Morgan fingerprint density at radius 1 is 1.04 bits per heavy atom. The van der Waals surface area contributed by atoms with E-state index in [1.807, 2.05) is 6.07 Å². The third-order valence-electron chi connectivity index (χ3n) is 3.22. The monoisotopic (exact) mass is 335 g/mol. The quantitative estimate of drug-likeness (QED) is 0.860. The topological polar surface area (TPSA) is 47.6 Å². The number of anilines is 1. The van der Waals surface area contributed by atoms with Crippen molar-refractivity contribution >= 4 is 23.7 Å². The zero-order valence-corrected chi connectivity index (χ0v) is 12.3. The average molecular weight is 335 g/mol. The molecule has 0 bridgehead atoms. The molecule has 7 heteroatoms. The minimum atomic E-state index is -4.70. The summed E-state index contributed by atoms with van der Waals surface area (Å²) in [5.74, 6) is 0.109. The fourth-order valence-electron chi connectivity index (χ4n) is 2.18. The lowest BCUT2D eigenvalue weighted by Gasteiger charge is -2.17. The minimum Gasteiger partial charge on any atom is -0.482 e. The van der Waals surface area contributed by atoms with Gasteiger partial charge in [0.2, 0.25) is 0 Å². The van der Waals surface area contributed by atoms with E-state index in [0.29, 0.717) is 17.0 Å². The molecule has 1 aliphatic rings. The Labute approximate surface area is 135 Å². The number of rotatable bonds is 3. The van der Waals surface area contributed by atoms with Crippen LogP contribution in [-0.2, 0) is 4.79 Å². The van der Waals surface area contributed by atoms with Crippen LogP contribution in [-0.4, -0.2) is 18.9 Å². The summed E-state index contributed by atoms with van der Waals surface area (Å²) in [6.07, 6.45) is -1.18. The van der Waals surface area contributed by atoms with Crippen molar-refractivity contribution in [1.29, 1.82) is 0 Å². The molecule has 0 saturated heterocycles. The van der Waals surface area contributed by atoms with E-state index >= 15 is 0 Å². The maximum Gasteiger partial charge on any atom is 0.573 e. The van der Waals surface area contributed by atoms with Gasteiger partial charge < -0.3 is 14.8 Å². The molecule has 1 aliphatic heterocycles. The number of nitrogens with one attached hydrogen (secondary N) is 1. The van der Waals surface area contributed by atoms with E-state index in [-0.39, 0.29) is 18.3 Å². The molecule has 3 rings (SSSR count). The molecule has 2 aromatic carbocycles. The first-order valence-electron chi connectivity index (χ1n) is 7.00. The number of benzene rings is 2. The van der Waals surface area contributed by atoms with E-state index in [1.165, 1.54) is 24.3 Å². The first-order chi connectivity index (χ1) is 11.4. The zero-order chi connectivity index (χ0) is 17.2. The number of halogens is 3. The van der Waals surface area contributed by atoms with Crippen molar-refractivity contribution < 1.29 is 27.4 Å². The van der Waals surface area contributed by atoms with Crippen LogP contribution in [0.2, 0.25) is 0 Å². The van der Waals surface area contributed by atoms with E-state index in [2.05, 4.69) is 10.1 Å². The molecule has 0 saturated carbocycles. The number of amides is 1. The standard InChI is InChI=1S/C17H12F3NO3/c18-17(19,20)24-13-6-3-11(4-7-13)1-2-12-5-8-15-14(9-12)21-16(22)10-23-15/h1-9H,10H2,(H,21,22)/b2-1+. The number of carbonyl (C=O) groups excluding carboxylic acids is 1. The highest BCUT2D eigenvalue weighted by molar-refractivity contribution is 5.95. The Morgan fingerprint density at radius 2 is 1.71 bits per heavy atom. The summed E-state index contributed by atoms with van der Waals surface area (Å²) in [7, 11) is 0. The van der Waals surface area contributed by atoms with Gasteiger partial charge in [-0.25, -0.2) is 0 Å². The van der Waals surface area contributed by atoms with Gasteiger partial charge in [-0.1, -0.05) is 30.4 Å². The molecule has 0 unspecified atom stereocenters. The molecule has 1 heterocycles. The Kier molecular flexibility index (Phi) is 4.16. The maximum atomic E-state index is 12.1. The van der Waals surface area contributed by atoms with Gasteiger partial charge in [-0.05, 0) is 35.4 Å². The van der Waals surface area contributed by atoms with E-state index in [9.17, 15) is 18.0 Å². The smallest absolute Gasteiger partial charge is 0.482 e. The van der Waals surface area contributed by atoms with Crippen molar-refractivity contribution in [2.75, 3.05) is 11.9 Å². The molecular weight excluding hydrogens is 323 g/mol. The van der Waals surface area contributed by atoms with Gasteiger partial charge >= 0.3 is 6.36 Å². The lowest BCUT2D eigenvalue weighted by Crippen LogP contribution is -2.25. The largest absolute Gasteiger partial charge is 0.573 e. The van der Waals surface area contributed by atoms with Crippen LogP contribution in [0.4, 0.5) is 18.9 Å². The molecule has 24 heavy (non-hydrogen) atoms. The number of ether oxygens (including phenoxy) is 2. The highest BCUT2D eigenvalue weighted by Crippen LogP contribution is 2.29. The van der Waals surface area contributed by atoms with Gasteiger partial charge in [0.1, 0.15) is 11.5 Å². The Bertz CT molecular complexity index is 783. The molecule has 0 fully saturated rings. The van der Waals surface area contributed by atoms with Crippen LogP contribution in [0.25, 0.3) is 12.2 Å². The summed E-state index contributed by atoms with van der Waals surface area (Å²) in [5.41, 5.74) is 2.11. The summed E-state index contributed by atoms with van der Waals surface area (Å²) in [4.78, 5) is 11.3. The minimum absolute atomic E-state index is 0.00543. The molecule has 1 N–H and O–H groups in total. The summed E-state index contributed by atoms with van der Waals surface area (Å²) in [5, 5.41) is 2.71. The molecule has 1 amide bonds. The highest BCUT2D eigenvalue weighted by Gasteiger charge is 2.30. The van der Waals surface area contributed by atoms with Crippen molar-refractivity contribution in [2.45, 2.75) is 6.36 Å². The Balaban J connectivity index is 1.72. The zero-order valence-electron chi connectivity index (χ0n) is 12.3. The number of hydrogen-bond acceptors (Lipinski definition) is 3. The average Bonchev–Trinajstić information content (AvgIpc) is 2.52. The molecule has 0 aromatic heterocycles. The summed E-state index contributed by atoms with van der Waals surface area (Å²) in [6, 6.07) is 10.8. The van der Waals surface area contributed by atoms with Crippen LogP contribution in [0.3, 0.4) is 0 Å². The van der Waals surface area contributed by atoms with Crippen LogP contribution in [0, 0.1) is 0 Å². The second kappa shape index (κ2) is 6.27. The van der Waals surface area contributed by atoms with Crippen LogP contribution < -0.4 is 14.8 Å². The predicted molar refractivity (Wildman–Crippen MR) is 82.6 cm³/mol. The van der Waals surface area contributed by atoms with Crippen LogP contribution in [0.5, 0.6) is 11.5 Å². The van der Waals surface area contributed by atoms with Crippen molar-refractivity contribution in [2.24, 2.45) is 0 Å². The normalized spacial score (nSPS) is 14.0. The Morgan fingerprint density at radius 3 is 2.42 bits per heavy atom. The first-order valence-corrected chi connectivity index (χ1v) is 7.00. The summed E-state index contributed by atoms with van der Waals surface area (Å²) >= 11 is 0. The highest BCUT2D eigenvalue weighted by atomic mass is 19.4. The Hall–Kier alpha value is -2.96. The van der Waals surface area contributed by atoms with Gasteiger partial charge in [0, 0.05) is 0 Å². The third-order valence-corrected chi connectivity index (χ3v) is 3.22. The SMILES string of the molecule is O=C1COc2ccc(/C=C/c3ccc(OC(F)(F)F)cc3)cc2N1. The van der Waals surface area contributed by atoms with Gasteiger partial charge in [-0.15, -0.1) is 13.2 Å². The van der Waals surface area contributed by atoms with E-state index < -0.39 is 6.36 Å². The van der Waals surface area contributed by atoms with E-state index in [0.717, 1.165) is 5.56 Å². The number of fused-ring (bicyclic) bond motifs is 1. The van der Waals surface area contributed by atoms with Crippen LogP contribution >= 0.6 is 0 Å². The lowest BCUT2D eigenvalue weighted by molar-refractivity contribution is -0.274. The van der Waals surface area contributed by atoms with Crippen LogP contribution in [0.1, 0.15) is 11.1 Å². The third kappa shape index (κ3) is 4.07. The van der Waals surface area contributed by atoms with E-state index in [4.69, 9.17) is 4.74 Å². The molecule has 0 spiro atoms. The van der Waals surface area contributed by atoms with Gasteiger partial charge in [-0.2, -0.15) is 0 Å². The fourth-order valence-corrected chi connectivity index (χ4v) is 2.18. The first kappa shape index (κ1) is 15.9. The van der Waals surface area contributed by atoms with Crippen LogP contribution in [0.15, 0.2) is 42.5 Å². The van der Waals surface area contributed by atoms with Crippen molar-refractivity contribution in [3.05, 3.63) is 53.6 Å². The fraction of sp³-hybridized carbons (Fsp3) is 0.118. The van der Waals surface area contributed by atoms with Crippen molar-refractivity contribution in [3.8, 4) is 11.5 Å². The second-order valence-corrected chi connectivity index (χ2v) is 5.04. The van der Waals surface area contributed by atoms with Gasteiger partial charge in [0.05, 0.1) is 5.69 Å². The van der Waals surface area contributed by atoms with Crippen molar-refractivity contribution in [1.82, 2.24) is 0 Å². The molecule has 2 aromatic rings. The molecule has 0 radical (unpaired) electrons. The number of alkyl halides is 3. The van der Waals surface area contributed by atoms with Gasteiger partial charge in [0.25, 0.3) is 5.91 Å². The van der Waals surface area contributed by atoms with Crippen molar-refractivity contribution in [3.63, 3.8) is 0 Å². The summed E-state index contributed by atoms with van der Waals surface area (Å²) in [6.45, 7) is -0.00543. The number of carbonyl (C=O) groups is 1. The molecule has 0 aliphatic carbocycles. The lowest BCUT2D eigenvalue weighted by atomic mass is 10.1. The maximum absolute atomic E-state index is 12.1. The van der Waals surface area contributed by atoms with E-state index in [1.54, 1.807) is 24.3 Å². The van der Waals surface area contributed by atoms with Gasteiger partial charge in [-0.3, -0.25) is 4.79 Å². The number of hydrogen-bond donors (Lipinski definition) is 1. The molecule has 124 valence electrons. The molecule has 4 nitrogen and oxygen atoms in total. The molecular formula is C17H12F3NO3. The second-order valence-electron chi connectivity index (χ2n) is 5.04.